The van der Waals surface area contributed by atoms with Crippen LogP contribution in [-0.4, -0.2) is 23.2 Å². The summed E-state index contributed by atoms with van der Waals surface area (Å²) < 4.78 is 14.4. The molecule has 1 aliphatic rings. The van der Waals surface area contributed by atoms with Crippen LogP contribution in [0.3, 0.4) is 0 Å². The van der Waals surface area contributed by atoms with Crippen LogP contribution in [0.25, 0.3) is 0 Å². The number of hydrogen-bond donors (Lipinski definition) is 2. The molecule has 0 bridgehead atoms. The van der Waals surface area contributed by atoms with Gasteiger partial charge in [0, 0.05) is 5.56 Å². The predicted molar refractivity (Wildman–Crippen MR) is 73.7 cm³/mol. The van der Waals surface area contributed by atoms with E-state index in [1.54, 1.807) is 13.8 Å². The van der Waals surface area contributed by atoms with Crippen molar-refractivity contribution < 1.29 is 9.50 Å². The Morgan fingerprint density at radius 3 is 2.68 bits per heavy atom. The third-order valence-electron chi connectivity index (χ3n) is 3.59. The molecule has 0 radical (unpaired) electrons. The first-order chi connectivity index (χ1) is 8.88. The molecule has 0 spiro atoms. The number of nitrogens with one attached hydrogen (secondary N) is 1. The molecule has 0 aromatic carbocycles. The molecule has 0 amide bonds. The lowest BCUT2D eigenvalue weighted by atomic mass is 9.90. The van der Waals surface area contributed by atoms with Gasteiger partial charge in [0.2, 0.25) is 0 Å². The van der Waals surface area contributed by atoms with Crippen LogP contribution in [0.15, 0.2) is 6.07 Å². The fraction of sp³-hybridized carbons (Fsp3) is 0.643. The normalized spacial score (nSPS) is 17.7. The van der Waals surface area contributed by atoms with Gasteiger partial charge in [-0.25, -0.2) is 9.37 Å². The summed E-state index contributed by atoms with van der Waals surface area (Å²) in [4.78, 5) is 4.10. The molecule has 19 heavy (non-hydrogen) atoms. The Hall–Kier alpha value is -0.710. The molecule has 1 aliphatic heterocycles. The molecule has 1 saturated heterocycles. The Kier molecular flexibility index (Phi) is 4.43. The molecule has 0 saturated carbocycles. The van der Waals surface area contributed by atoms with Gasteiger partial charge >= 0.3 is 0 Å². The first-order valence-corrected chi connectivity index (χ1v) is 7.04. The molecule has 2 N–H and O–H groups in total. The van der Waals surface area contributed by atoms with E-state index < -0.39 is 11.4 Å². The van der Waals surface area contributed by atoms with E-state index in [1.807, 2.05) is 0 Å². The third kappa shape index (κ3) is 3.65. The Morgan fingerprint density at radius 2 is 2.11 bits per heavy atom. The zero-order valence-electron chi connectivity index (χ0n) is 11.3. The topological polar surface area (TPSA) is 45.2 Å². The first-order valence-electron chi connectivity index (χ1n) is 6.66. The van der Waals surface area contributed by atoms with Crippen LogP contribution in [-0.2, 0) is 12.0 Å². The van der Waals surface area contributed by atoms with Crippen molar-refractivity contribution in [2.24, 2.45) is 5.92 Å². The maximum Gasteiger partial charge on any atom is 0.150 e. The number of nitrogens with zero attached hydrogens (tertiary/aromatic N) is 1. The molecule has 1 fully saturated rings. The Morgan fingerprint density at radius 1 is 1.47 bits per heavy atom. The summed E-state index contributed by atoms with van der Waals surface area (Å²) in [6, 6.07) is 1.41. The van der Waals surface area contributed by atoms with Gasteiger partial charge in [-0.05, 0) is 58.2 Å². The number of aliphatic hydroxyl groups is 1. The summed E-state index contributed by atoms with van der Waals surface area (Å²) in [5.41, 5.74) is -0.660. The molecular weight excluding hydrogens is 267 g/mol. The van der Waals surface area contributed by atoms with Crippen LogP contribution < -0.4 is 5.32 Å². The second-order valence-corrected chi connectivity index (χ2v) is 6.10. The lowest BCUT2D eigenvalue weighted by Gasteiger charge is -2.24. The van der Waals surface area contributed by atoms with Crippen molar-refractivity contribution in [3.63, 3.8) is 0 Å². The average Bonchev–Trinajstić information content (AvgIpc) is 2.33. The second kappa shape index (κ2) is 5.73. The van der Waals surface area contributed by atoms with Crippen molar-refractivity contribution in [3.8, 4) is 0 Å². The number of hydrogen-bond acceptors (Lipinski definition) is 3. The highest BCUT2D eigenvalue weighted by Gasteiger charge is 2.25. The molecule has 2 heterocycles. The van der Waals surface area contributed by atoms with E-state index in [0.29, 0.717) is 18.0 Å². The summed E-state index contributed by atoms with van der Waals surface area (Å²) in [6.07, 6.45) is 2.62. The van der Waals surface area contributed by atoms with Crippen LogP contribution in [0, 0.1) is 11.7 Å². The Bertz CT molecular complexity index is 453. The molecule has 0 atom stereocenters. The van der Waals surface area contributed by atoms with E-state index in [2.05, 4.69) is 10.3 Å². The Labute approximate surface area is 118 Å². The number of piperidine rings is 1. The molecule has 1 aromatic rings. The highest BCUT2D eigenvalue weighted by Crippen LogP contribution is 2.28. The SMILES string of the molecule is CC(C)(O)c1cc(Cl)nc(CC2CCNCC2)c1F. The van der Waals surface area contributed by atoms with Crippen molar-refractivity contribution >= 4 is 11.6 Å². The summed E-state index contributed by atoms with van der Waals surface area (Å²) in [5.74, 6) is 0.00630. The van der Waals surface area contributed by atoms with Crippen molar-refractivity contribution in [1.29, 1.82) is 0 Å². The largest absolute Gasteiger partial charge is 0.386 e. The molecule has 0 unspecified atom stereocenters. The van der Waals surface area contributed by atoms with Gasteiger partial charge in [-0.15, -0.1) is 0 Å². The standard InChI is InChI=1S/C14H20ClFN2O/c1-14(2,19)10-8-12(15)18-11(13(10)16)7-9-3-5-17-6-4-9/h8-9,17,19H,3-7H2,1-2H3. The highest BCUT2D eigenvalue weighted by molar-refractivity contribution is 6.29. The summed E-state index contributed by atoms with van der Waals surface area (Å²) >= 11 is 5.94. The second-order valence-electron chi connectivity index (χ2n) is 5.71. The van der Waals surface area contributed by atoms with Crippen molar-refractivity contribution in [2.45, 2.75) is 38.7 Å². The smallest absolute Gasteiger partial charge is 0.150 e. The fourth-order valence-corrected chi connectivity index (χ4v) is 2.70. The lowest BCUT2D eigenvalue weighted by Crippen LogP contribution is -2.29. The summed E-state index contributed by atoms with van der Waals surface area (Å²) in [5, 5.41) is 13.5. The highest BCUT2D eigenvalue weighted by atomic mass is 35.5. The number of pyridine rings is 1. The quantitative estimate of drug-likeness (QED) is 0.840. The predicted octanol–water partition coefficient (Wildman–Crippen LogP) is 2.64. The maximum absolute atomic E-state index is 14.4. The van der Waals surface area contributed by atoms with Crippen LogP contribution in [0.5, 0.6) is 0 Å². The van der Waals surface area contributed by atoms with Gasteiger partial charge in [-0.2, -0.15) is 0 Å². The minimum atomic E-state index is -1.25. The summed E-state index contributed by atoms with van der Waals surface area (Å²) in [6.45, 7) is 5.03. The third-order valence-corrected chi connectivity index (χ3v) is 3.79. The fourth-order valence-electron chi connectivity index (χ4n) is 2.49. The van der Waals surface area contributed by atoms with Crippen LogP contribution >= 0.6 is 11.6 Å². The van der Waals surface area contributed by atoms with Gasteiger partial charge in [0.15, 0.2) is 5.82 Å². The van der Waals surface area contributed by atoms with E-state index in [9.17, 15) is 9.50 Å². The number of rotatable bonds is 3. The zero-order chi connectivity index (χ0) is 14.0. The molecule has 0 aliphatic carbocycles. The first kappa shape index (κ1) is 14.7. The van der Waals surface area contributed by atoms with Crippen molar-refractivity contribution in [3.05, 3.63) is 28.3 Å². The maximum atomic E-state index is 14.4. The average molecular weight is 287 g/mol. The van der Waals surface area contributed by atoms with E-state index in [-0.39, 0.29) is 10.7 Å². The van der Waals surface area contributed by atoms with Crippen molar-refractivity contribution in [1.82, 2.24) is 10.3 Å². The minimum absolute atomic E-state index is 0.219. The molecule has 5 heteroatoms. The van der Waals surface area contributed by atoms with E-state index in [1.165, 1.54) is 6.07 Å². The Balaban J connectivity index is 2.27. The van der Waals surface area contributed by atoms with Gasteiger partial charge in [-0.1, -0.05) is 11.6 Å². The molecule has 3 nitrogen and oxygen atoms in total. The summed E-state index contributed by atoms with van der Waals surface area (Å²) in [7, 11) is 0. The van der Waals surface area contributed by atoms with Crippen LogP contribution in [0.4, 0.5) is 4.39 Å². The minimum Gasteiger partial charge on any atom is -0.386 e. The zero-order valence-corrected chi connectivity index (χ0v) is 12.1. The van der Waals surface area contributed by atoms with E-state index in [0.717, 1.165) is 25.9 Å². The van der Waals surface area contributed by atoms with Gasteiger partial charge in [0.05, 0.1) is 11.3 Å². The lowest BCUT2D eigenvalue weighted by molar-refractivity contribution is 0.0741. The van der Waals surface area contributed by atoms with E-state index >= 15 is 0 Å². The number of halogens is 2. The molecule has 106 valence electrons. The molecular formula is C14H20ClFN2O. The molecule has 2 rings (SSSR count). The van der Waals surface area contributed by atoms with Crippen molar-refractivity contribution in [2.75, 3.05) is 13.1 Å². The van der Waals surface area contributed by atoms with Gasteiger partial charge in [0.25, 0.3) is 0 Å². The monoisotopic (exact) mass is 286 g/mol. The van der Waals surface area contributed by atoms with Gasteiger partial charge in [0.1, 0.15) is 5.15 Å². The van der Waals surface area contributed by atoms with Crippen LogP contribution in [0.2, 0.25) is 5.15 Å². The van der Waals surface area contributed by atoms with E-state index in [4.69, 9.17) is 11.6 Å². The van der Waals surface area contributed by atoms with Gasteiger partial charge < -0.3 is 10.4 Å². The van der Waals surface area contributed by atoms with Crippen LogP contribution in [0.1, 0.15) is 37.9 Å². The number of aromatic nitrogens is 1. The van der Waals surface area contributed by atoms with Gasteiger partial charge in [-0.3, -0.25) is 0 Å². The molecule has 1 aromatic heterocycles.